The van der Waals surface area contributed by atoms with Gasteiger partial charge in [0.2, 0.25) is 0 Å². The van der Waals surface area contributed by atoms with Gasteiger partial charge in [-0.25, -0.2) is 9.97 Å². The first kappa shape index (κ1) is 12.0. The highest BCUT2D eigenvalue weighted by molar-refractivity contribution is 5.93. The van der Waals surface area contributed by atoms with Crippen LogP contribution in [0.2, 0.25) is 0 Å². The van der Waals surface area contributed by atoms with Crippen molar-refractivity contribution in [1.82, 2.24) is 20.2 Å². The Morgan fingerprint density at radius 1 is 1.47 bits per heavy atom. The Kier molecular flexibility index (Phi) is 4.03. The van der Waals surface area contributed by atoms with Gasteiger partial charge in [-0.1, -0.05) is 0 Å². The van der Waals surface area contributed by atoms with Crippen molar-refractivity contribution in [2.24, 2.45) is 0 Å². The molecule has 17 heavy (non-hydrogen) atoms. The second-order valence-electron chi connectivity index (χ2n) is 4.33. The summed E-state index contributed by atoms with van der Waals surface area (Å²) < 4.78 is 0. The van der Waals surface area contributed by atoms with E-state index in [2.05, 4.69) is 15.3 Å². The maximum absolute atomic E-state index is 12.3. The number of piperidine rings is 1. The number of hydrogen-bond donors (Lipinski definition) is 1. The SMILES string of the molecule is CNCC1CCCCN1C(=O)c1cncnc1. The van der Waals surface area contributed by atoms with Crippen LogP contribution in [-0.4, -0.2) is 47.0 Å². The molecular formula is C12H18N4O. The number of amides is 1. The van der Waals surface area contributed by atoms with Gasteiger partial charge in [0.25, 0.3) is 5.91 Å². The number of likely N-dealkylation sites (tertiary alicyclic amines) is 1. The van der Waals surface area contributed by atoms with E-state index in [9.17, 15) is 4.79 Å². The molecule has 0 aromatic carbocycles. The molecule has 1 unspecified atom stereocenters. The van der Waals surface area contributed by atoms with Gasteiger partial charge in [-0.05, 0) is 26.3 Å². The molecule has 1 atom stereocenters. The largest absolute Gasteiger partial charge is 0.334 e. The van der Waals surface area contributed by atoms with Crippen molar-refractivity contribution in [3.8, 4) is 0 Å². The van der Waals surface area contributed by atoms with Crippen LogP contribution >= 0.6 is 0 Å². The van der Waals surface area contributed by atoms with Crippen molar-refractivity contribution in [3.63, 3.8) is 0 Å². The Morgan fingerprint density at radius 3 is 2.94 bits per heavy atom. The zero-order chi connectivity index (χ0) is 12.1. The molecule has 0 bridgehead atoms. The molecule has 92 valence electrons. The molecule has 1 aliphatic heterocycles. The Morgan fingerprint density at radius 2 is 2.24 bits per heavy atom. The van der Waals surface area contributed by atoms with Crippen molar-refractivity contribution in [3.05, 3.63) is 24.3 Å². The van der Waals surface area contributed by atoms with Crippen LogP contribution in [0.25, 0.3) is 0 Å². The zero-order valence-corrected chi connectivity index (χ0v) is 10.1. The predicted molar refractivity (Wildman–Crippen MR) is 64.6 cm³/mol. The van der Waals surface area contributed by atoms with Gasteiger partial charge >= 0.3 is 0 Å². The van der Waals surface area contributed by atoms with Crippen LogP contribution < -0.4 is 5.32 Å². The molecule has 1 amide bonds. The third-order valence-electron chi connectivity index (χ3n) is 3.14. The first-order chi connectivity index (χ1) is 8.33. The van der Waals surface area contributed by atoms with E-state index >= 15 is 0 Å². The molecule has 1 aromatic heterocycles. The van der Waals surface area contributed by atoms with E-state index in [1.54, 1.807) is 12.4 Å². The van der Waals surface area contributed by atoms with E-state index in [-0.39, 0.29) is 5.91 Å². The summed E-state index contributed by atoms with van der Waals surface area (Å²) >= 11 is 0. The number of hydrogen-bond acceptors (Lipinski definition) is 4. The lowest BCUT2D eigenvalue weighted by Crippen LogP contribution is -2.48. The third kappa shape index (κ3) is 2.79. The number of rotatable bonds is 3. The molecule has 0 spiro atoms. The lowest BCUT2D eigenvalue weighted by molar-refractivity contribution is 0.0614. The summed E-state index contributed by atoms with van der Waals surface area (Å²) in [7, 11) is 1.92. The number of carbonyl (C=O) groups excluding carboxylic acids is 1. The standard InChI is InChI=1S/C12H18N4O/c1-13-8-11-4-2-3-5-16(11)12(17)10-6-14-9-15-7-10/h6-7,9,11,13H,2-5,8H2,1H3. The van der Waals surface area contributed by atoms with Gasteiger partial charge in [-0.3, -0.25) is 4.79 Å². The van der Waals surface area contributed by atoms with Gasteiger partial charge in [-0.15, -0.1) is 0 Å². The fourth-order valence-electron chi connectivity index (χ4n) is 2.29. The molecule has 5 heteroatoms. The number of nitrogens with one attached hydrogen (secondary N) is 1. The summed E-state index contributed by atoms with van der Waals surface area (Å²) in [5, 5.41) is 3.15. The Bertz CT molecular complexity index is 366. The fraction of sp³-hybridized carbons (Fsp3) is 0.583. The van der Waals surface area contributed by atoms with E-state index in [0.29, 0.717) is 11.6 Å². The summed E-state index contributed by atoms with van der Waals surface area (Å²) in [4.78, 5) is 22.0. The molecule has 2 rings (SSSR count). The average Bonchev–Trinajstić information content (AvgIpc) is 2.40. The molecule has 1 aromatic rings. The molecule has 0 saturated carbocycles. The molecule has 2 heterocycles. The quantitative estimate of drug-likeness (QED) is 0.836. The summed E-state index contributed by atoms with van der Waals surface area (Å²) in [6.07, 6.45) is 7.96. The average molecular weight is 234 g/mol. The van der Waals surface area contributed by atoms with Crippen LogP contribution in [0.5, 0.6) is 0 Å². The van der Waals surface area contributed by atoms with E-state index in [0.717, 1.165) is 25.9 Å². The number of carbonyl (C=O) groups is 1. The topological polar surface area (TPSA) is 58.1 Å². The molecule has 1 N–H and O–H groups in total. The summed E-state index contributed by atoms with van der Waals surface area (Å²) in [6.45, 7) is 1.68. The molecule has 1 saturated heterocycles. The van der Waals surface area contributed by atoms with Gasteiger partial charge in [-0.2, -0.15) is 0 Å². The van der Waals surface area contributed by atoms with Crippen molar-refractivity contribution in [2.45, 2.75) is 25.3 Å². The van der Waals surface area contributed by atoms with E-state index in [1.807, 2.05) is 11.9 Å². The van der Waals surface area contributed by atoms with Crippen LogP contribution in [0.4, 0.5) is 0 Å². The maximum Gasteiger partial charge on any atom is 0.257 e. The predicted octanol–water partition coefficient (Wildman–Crippen LogP) is 0.691. The van der Waals surface area contributed by atoms with Crippen molar-refractivity contribution in [2.75, 3.05) is 20.1 Å². The number of likely N-dealkylation sites (N-methyl/N-ethyl adjacent to an activating group) is 1. The van der Waals surface area contributed by atoms with Crippen molar-refractivity contribution < 1.29 is 4.79 Å². The van der Waals surface area contributed by atoms with Crippen LogP contribution in [0, 0.1) is 0 Å². The monoisotopic (exact) mass is 234 g/mol. The van der Waals surface area contributed by atoms with Crippen molar-refractivity contribution in [1.29, 1.82) is 0 Å². The van der Waals surface area contributed by atoms with E-state index < -0.39 is 0 Å². The third-order valence-corrected chi connectivity index (χ3v) is 3.14. The first-order valence-corrected chi connectivity index (χ1v) is 6.03. The second kappa shape index (κ2) is 5.72. The number of aromatic nitrogens is 2. The van der Waals surface area contributed by atoms with Gasteiger partial charge in [0.05, 0.1) is 5.56 Å². The lowest BCUT2D eigenvalue weighted by Gasteiger charge is -2.35. The van der Waals surface area contributed by atoms with Crippen LogP contribution in [0.1, 0.15) is 29.6 Å². The fourth-order valence-corrected chi connectivity index (χ4v) is 2.29. The maximum atomic E-state index is 12.3. The van der Waals surface area contributed by atoms with Crippen LogP contribution in [0.15, 0.2) is 18.7 Å². The number of nitrogens with zero attached hydrogens (tertiary/aromatic N) is 3. The molecule has 0 radical (unpaired) electrons. The zero-order valence-electron chi connectivity index (χ0n) is 10.1. The highest BCUT2D eigenvalue weighted by atomic mass is 16.2. The van der Waals surface area contributed by atoms with Crippen LogP contribution in [0.3, 0.4) is 0 Å². The van der Waals surface area contributed by atoms with Crippen LogP contribution in [-0.2, 0) is 0 Å². The minimum Gasteiger partial charge on any atom is -0.334 e. The highest BCUT2D eigenvalue weighted by Crippen LogP contribution is 2.18. The Hall–Kier alpha value is -1.49. The summed E-state index contributed by atoms with van der Waals surface area (Å²) in [5.74, 6) is 0.0468. The Labute approximate surface area is 101 Å². The molecule has 1 aliphatic rings. The first-order valence-electron chi connectivity index (χ1n) is 6.03. The van der Waals surface area contributed by atoms with Gasteiger partial charge in [0.1, 0.15) is 6.33 Å². The van der Waals surface area contributed by atoms with E-state index in [4.69, 9.17) is 0 Å². The lowest BCUT2D eigenvalue weighted by atomic mass is 10.0. The van der Waals surface area contributed by atoms with Gasteiger partial charge in [0.15, 0.2) is 0 Å². The van der Waals surface area contributed by atoms with E-state index in [1.165, 1.54) is 12.7 Å². The second-order valence-corrected chi connectivity index (χ2v) is 4.33. The highest BCUT2D eigenvalue weighted by Gasteiger charge is 2.26. The molecule has 5 nitrogen and oxygen atoms in total. The minimum absolute atomic E-state index is 0.0468. The summed E-state index contributed by atoms with van der Waals surface area (Å²) in [5.41, 5.74) is 0.579. The Balaban J connectivity index is 2.11. The molecule has 1 fully saturated rings. The summed E-state index contributed by atoms with van der Waals surface area (Å²) in [6, 6.07) is 0.293. The van der Waals surface area contributed by atoms with Crippen molar-refractivity contribution >= 4 is 5.91 Å². The van der Waals surface area contributed by atoms with Gasteiger partial charge in [0, 0.05) is 31.5 Å². The molecular weight excluding hydrogens is 216 g/mol. The molecule has 0 aliphatic carbocycles. The normalized spacial score (nSPS) is 20.3. The van der Waals surface area contributed by atoms with Gasteiger partial charge < -0.3 is 10.2 Å². The smallest absolute Gasteiger partial charge is 0.257 e. The minimum atomic E-state index is 0.0468.